The van der Waals surface area contributed by atoms with Gasteiger partial charge in [-0.25, -0.2) is 0 Å². The van der Waals surface area contributed by atoms with Crippen LogP contribution < -0.4 is 5.32 Å². The number of alkyl halides is 1. The number of aryl methyl sites for hydroxylation is 1. The normalized spacial score (nSPS) is 12.6. The van der Waals surface area contributed by atoms with E-state index in [1.807, 2.05) is 31.2 Å². The number of aliphatic hydroxyl groups is 1. The van der Waals surface area contributed by atoms with Crippen LogP contribution in [0.5, 0.6) is 0 Å². The number of nitrogens with zero attached hydrogens (tertiary/aromatic N) is 2. The minimum atomic E-state index is -0.553. The summed E-state index contributed by atoms with van der Waals surface area (Å²) in [5.74, 6) is 0.219. The summed E-state index contributed by atoms with van der Waals surface area (Å²) in [4.78, 5) is 0. The summed E-state index contributed by atoms with van der Waals surface area (Å²) < 4.78 is 0. The van der Waals surface area contributed by atoms with Gasteiger partial charge in [-0.2, -0.15) is 10.2 Å². The van der Waals surface area contributed by atoms with Crippen molar-refractivity contribution in [1.82, 2.24) is 10.2 Å². The molecular weight excluding hydrogens is 238 g/mol. The number of hydrogen-bond acceptors (Lipinski definition) is 4. The number of nitrogens with one attached hydrogen (secondary N) is 1. The fourth-order valence-electron chi connectivity index (χ4n) is 1.60. The molecule has 5 heteroatoms. The molecule has 1 aromatic heterocycles. The van der Waals surface area contributed by atoms with Gasteiger partial charge in [0, 0.05) is 17.6 Å². The first-order valence-corrected chi connectivity index (χ1v) is 5.95. The second-order valence-corrected chi connectivity index (χ2v) is 4.22. The molecule has 1 heterocycles. The molecule has 0 fully saturated rings. The lowest BCUT2D eigenvalue weighted by atomic mass is 10.1. The fourth-order valence-corrected chi connectivity index (χ4v) is 1.71. The number of aliphatic hydroxyl groups excluding tert-OH is 1. The Kier molecular flexibility index (Phi) is 3.76. The van der Waals surface area contributed by atoms with Gasteiger partial charge >= 0.3 is 0 Å². The van der Waals surface area contributed by atoms with E-state index in [-0.39, 0.29) is 5.88 Å². The fraction of sp³-hybridized carbons (Fsp3) is 0.333. The first kappa shape index (κ1) is 12.1. The lowest BCUT2D eigenvalue weighted by Gasteiger charge is -2.12. The summed E-state index contributed by atoms with van der Waals surface area (Å²) in [5.41, 5.74) is 2.63. The number of rotatable bonds is 4. The van der Waals surface area contributed by atoms with Gasteiger partial charge in [0.15, 0.2) is 0 Å². The number of benzene rings is 1. The molecule has 0 saturated heterocycles. The third-order valence-electron chi connectivity index (χ3n) is 2.46. The molecule has 0 aliphatic carbocycles. The van der Waals surface area contributed by atoms with E-state index in [2.05, 4.69) is 15.5 Å². The first-order valence-electron chi connectivity index (χ1n) is 5.41. The average molecular weight is 252 g/mol. The number of halogens is 1. The number of hydrogen-bond donors (Lipinski definition) is 2. The molecule has 17 heavy (non-hydrogen) atoms. The van der Waals surface area contributed by atoms with E-state index in [1.165, 1.54) is 0 Å². The van der Waals surface area contributed by atoms with E-state index in [4.69, 9.17) is 11.6 Å². The molecule has 0 saturated carbocycles. The lowest BCUT2D eigenvalue weighted by molar-refractivity contribution is 0.211. The summed E-state index contributed by atoms with van der Waals surface area (Å²) in [6, 6.07) is 7.73. The highest BCUT2D eigenvalue weighted by atomic mass is 35.5. The molecule has 1 aromatic carbocycles. The molecule has 0 radical (unpaired) electrons. The zero-order chi connectivity index (χ0) is 12.3. The van der Waals surface area contributed by atoms with Crippen LogP contribution in [0.2, 0.25) is 0 Å². The van der Waals surface area contributed by atoms with Crippen LogP contribution in [-0.4, -0.2) is 33.8 Å². The van der Waals surface area contributed by atoms with Gasteiger partial charge in [-0.3, -0.25) is 0 Å². The minimum absolute atomic E-state index is 0.219. The van der Waals surface area contributed by atoms with Crippen LogP contribution in [0, 0.1) is 6.92 Å². The van der Waals surface area contributed by atoms with E-state index in [9.17, 15) is 5.11 Å². The van der Waals surface area contributed by atoms with E-state index in [1.54, 1.807) is 0 Å². The Hall–Kier alpha value is -1.39. The van der Waals surface area contributed by atoms with Crippen molar-refractivity contribution in [3.8, 4) is 0 Å². The van der Waals surface area contributed by atoms with E-state index < -0.39 is 6.10 Å². The number of fused-ring (bicyclic) bond motifs is 1. The lowest BCUT2D eigenvalue weighted by Crippen LogP contribution is -2.20. The molecule has 90 valence electrons. The van der Waals surface area contributed by atoms with Crippen molar-refractivity contribution < 1.29 is 5.11 Å². The quantitative estimate of drug-likeness (QED) is 0.816. The van der Waals surface area contributed by atoms with Crippen molar-refractivity contribution in [2.24, 2.45) is 0 Å². The van der Waals surface area contributed by atoms with E-state index in [0.29, 0.717) is 6.54 Å². The summed E-state index contributed by atoms with van der Waals surface area (Å²) >= 11 is 5.55. The molecule has 1 atom stereocenters. The molecule has 2 aromatic rings. The van der Waals surface area contributed by atoms with Gasteiger partial charge in [0.1, 0.15) is 0 Å². The SMILES string of the molecule is Cc1cc2c(NCC(O)CCl)cccc2nn1. The van der Waals surface area contributed by atoms with Crippen LogP contribution >= 0.6 is 11.6 Å². The Labute approximate surface area is 105 Å². The zero-order valence-corrected chi connectivity index (χ0v) is 10.3. The van der Waals surface area contributed by atoms with Crippen LogP contribution in [-0.2, 0) is 0 Å². The Bertz CT molecular complexity index is 518. The third-order valence-corrected chi connectivity index (χ3v) is 2.81. The van der Waals surface area contributed by atoms with Crippen molar-refractivity contribution in [1.29, 1.82) is 0 Å². The Morgan fingerprint density at radius 1 is 1.41 bits per heavy atom. The molecule has 0 bridgehead atoms. The summed E-state index contributed by atoms with van der Waals surface area (Å²) in [6.45, 7) is 2.32. The monoisotopic (exact) mass is 251 g/mol. The number of anilines is 1. The van der Waals surface area contributed by atoms with Gasteiger partial charge in [-0.1, -0.05) is 6.07 Å². The molecular formula is C12H14ClN3O. The highest BCUT2D eigenvalue weighted by Crippen LogP contribution is 2.21. The average Bonchev–Trinajstić information content (AvgIpc) is 2.35. The van der Waals surface area contributed by atoms with E-state index >= 15 is 0 Å². The van der Waals surface area contributed by atoms with Crippen molar-refractivity contribution in [2.45, 2.75) is 13.0 Å². The first-order chi connectivity index (χ1) is 8.20. The maximum atomic E-state index is 9.42. The van der Waals surface area contributed by atoms with Gasteiger partial charge in [0.05, 0.1) is 23.2 Å². The second kappa shape index (κ2) is 5.29. The minimum Gasteiger partial charge on any atom is -0.390 e. The van der Waals surface area contributed by atoms with Gasteiger partial charge < -0.3 is 10.4 Å². The Morgan fingerprint density at radius 2 is 2.24 bits per heavy atom. The van der Waals surface area contributed by atoms with Crippen LogP contribution in [0.25, 0.3) is 10.9 Å². The molecule has 0 aliphatic heterocycles. The highest BCUT2D eigenvalue weighted by molar-refractivity contribution is 6.18. The zero-order valence-electron chi connectivity index (χ0n) is 9.52. The second-order valence-electron chi connectivity index (χ2n) is 3.91. The predicted octanol–water partition coefficient (Wildman–Crippen LogP) is 1.95. The van der Waals surface area contributed by atoms with Crippen molar-refractivity contribution in [2.75, 3.05) is 17.7 Å². The molecule has 4 nitrogen and oxygen atoms in total. The molecule has 0 aliphatic rings. The van der Waals surface area contributed by atoms with Gasteiger partial charge in [-0.05, 0) is 25.1 Å². The summed E-state index contributed by atoms with van der Waals surface area (Å²) in [7, 11) is 0. The molecule has 0 spiro atoms. The Morgan fingerprint density at radius 3 is 3.00 bits per heavy atom. The van der Waals surface area contributed by atoms with Gasteiger partial charge in [0.2, 0.25) is 0 Å². The third kappa shape index (κ3) is 2.84. The van der Waals surface area contributed by atoms with Crippen LogP contribution in [0.4, 0.5) is 5.69 Å². The smallest absolute Gasteiger partial charge is 0.0950 e. The van der Waals surface area contributed by atoms with Crippen LogP contribution in [0.3, 0.4) is 0 Å². The van der Waals surface area contributed by atoms with Crippen LogP contribution in [0.15, 0.2) is 24.3 Å². The molecule has 2 N–H and O–H groups in total. The standard InChI is InChI=1S/C12H14ClN3O/c1-8-5-10-11(14-7-9(17)6-13)3-2-4-12(10)16-15-8/h2-5,9,14,17H,6-7H2,1H3. The van der Waals surface area contributed by atoms with Crippen molar-refractivity contribution >= 4 is 28.2 Å². The van der Waals surface area contributed by atoms with Crippen LogP contribution in [0.1, 0.15) is 5.69 Å². The maximum Gasteiger partial charge on any atom is 0.0950 e. The summed E-state index contributed by atoms with van der Waals surface area (Å²) in [6.07, 6.45) is -0.553. The summed E-state index contributed by atoms with van der Waals surface area (Å²) in [5, 5.41) is 21.7. The van der Waals surface area contributed by atoms with Gasteiger partial charge in [-0.15, -0.1) is 11.6 Å². The molecule has 2 rings (SSSR count). The van der Waals surface area contributed by atoms with E-state index in [0.717, 1.165) is 22.3 Å². The largest absolute Gasteiger partial charge is 0.390 e. The maximum absolute atomic E-state index is 9.42. The number of aromatic nitrogens is 2. The van der Waals surface area contributed by atoms with Gasteiger partial charge in [0.25, 0.3) is 0 Å². The topological polar surface area (TPSA) is 58.0 Å². The van der Waals surface area contributed by atoms with Crippen molar-refractivity contribution in [3.05, 3.63) is 30.0 Å². The Balaban J connectivity index is 2.30. The predicted molar refractivity (Wildman–Crippen MR) is 69.5 cm³/mol. The van der Waals surface area contributed by atoms with Crippen molar-refractivity contribution in [3.63, 3.8) is 0 Å². The highest BCUT2D eigenvalue weighted by Gasteiger charge is 2.05. The molecule has 0 amide bonds. The molecule has 1 unspecified atom stereocenters.